The van der Waals surface area contributed by atoms with E-state index in [-0.39, 0.29) is 41.8 Å². The van der Waals surface area contributed by atoms with Crippen LogP contribution in [-0.4, -0.2) is 62.2 Å². The van der Waals surface area contributed by atoms with Gasteiger partial charge in [0.15, 0.2) is 0 Å². The summed E-state index contributed by atoms with van der Waals surface area (Å²) in [6.07, 6.45) is 1.43. The minimum absolute atomic E-state index is 0.0242. The van der Waals surface area contributed by atoms with Gasteiger partial charge < -0.3 is 32.1 Å². The molecule has 0 aromatic carbocycles. The lowest BCUT2D eigenvalue weighted by molar-refractivity contribution is -0.151. The summed E-state index contributed by atoms with van der Waals surface area (Å²) in [7, 11) is 5.59. The van der Waals surface area contributed by atoms with Crippen LogP contribution in [0.5, 0.6) is 0 Å². The van der Waals surface area contributed by atoms with Crippen LogP contribution in [0.4, 0.5) is 11.5 Å². The number of aliphatic hydroxyl groups excluding tert-OH is 1. The Hall–Kier alpha value is -3.81. The van der Waals surface area contributed by atoms with Crippen molar-refractivity contribution < 1.29 is 19.5 Å². The number of amides is 3. The first-order valence-corrected chi connectivity index (χ1v) is 10.7. The third-order valence-electron chi connectivity index (χ3n) is 5.66. The summed E-state index contributed by atoms with van der Waals surface area (Å²) in [6.45, 7) is 0. The molecule has 0 bridgehead atoms. The molecular weight excluding hydrogens is 448 g/mol. The number of rotatable bonds is 9. The van der Waals surface area contributed by atoms with E-state index in [1.54, 1.807) is 0 Å². The smallest absolute Gasteiger partial charge is 0.332 e. The number of hydrogen-bond acceptors (Lipinski definition) is 9. The Bertz CT molecular complexity index is 1120. The molecule has 188 valence electrons. The highest BCUT2D eigenvalue weighted by molar-refractivity contribution is 5.98. The van der Waals surface area contributed by atoms with Crippen molar-refractivity contribution in [2.75, 3.05) is 25.1 Å². The highest BCUT2D eigenvalue weighted by Gasteiger charge is 2.34. The second kappa shape index (κ2) is 10.9. The summed E-state index contributed by atoms with van der Waals surface area (Å²) in [5.41, 5.74) is 10.1. The van der Waals surface area contributed by atoms with Crippen LogP contribution in [0.3, 0.4) is 0 Å². The number of nitrogens with zero attached hydrogens (tertiary/aromatic N) is 4. The number of anilines is 2. The van der Waals surface area contributed by atoms with E-state index in [0.29, 0.717) is 25.7 Å². The zero-order valence-electron chi connectivity index (χ0n) is 19.8. The molecule has 1 unspecified atom stereocenters. The standard InChI is InChI=1S/C20H32N8O6/c1-25-15(21)13(17(31)27(3)19(25)33)23-11(29)9-7-5-6-8-10-12(30)24-14-16(22)26(2)20(34)28(4)18(14)32/h19,33H,5-10,21-22H2,1-4H3,(H,23,29)(H,24,30). The van der Waals surface area contributed by atoms with Crippen molar-refractivity contribution in [3.63, 3.8) is 0 Å². The molecule has 0 aliphatic carbocycles. The van der Waals surface area contributed by atoms with Gasteiger partial charge in [0.2, 0.25) is 18.2 Å². The fraction of sp³-hybridized carbons (Fsp3) is 0.550. The molecule has 0 saturated heterocycles. The van der Waals surface area contributed by atoms with Crippen LogP contribution in [0.25, 0.3) is 0 Å². The van der Waals surface area contributed by atoms with E-state index in [4.69, 9.17) is 11.5 Å². The van der Waals surface area contributed by atoms with Gasteiger partial charge >= 0.3 is 5.69 Å². The van der Waals surface area contributed by atoms with Crippen LogP contribution in [0.2, 0.25) is 0 Å². The van der Waals surface area contributed by atoms with Crippen LogP contribution in [0.1, 0.15) is 38.5 Å². The minimum Gasteiger partial charge on any atom is -0.383 e. The molecule has 0 saturated carbocycles. The minimum atomic E-state index is -1.21. The van der Waals surface area contributed by atoms with Gasteiger partial charge in [0, 0.05) is 41.0 Å². The maximum Gasteiger partial charge on any atom is 0.332 e. The summed E-state index contributed by atoms with van der Waals surface area (Å²) >= 11 is 0. The number of carbonyl (C=O) groups is 3. The number of nitrogens with one attached hydrogen (secondary N) is 2. The molecule has 1 aromatic rings. The molecule has 2 heterocycles. The zero-order valence-corrected chi connectivity index (χ0v) is 19.8. The number of likely N-dealkylation sites (N-methyl/N-ethyl adjacent to an activating group) is 1. The summed E-state index contributed by atoms with van der Waals surface area (Å²) in [4.78, 5) is 62.9. The second-order valence-corrected chi connectivity index (χ2v) is 8.11. The number of nitrogens with two attached hydrogens (primary N) is 2. The van der Waals surface area contributed by atoms with E-state index in [0.717, 1.165) is 14.0 Å². The Morgan fingerprint density at radius 1 is 0.853 bits per heavy atom. The van der Waals surface area contributed by atoms with Gasteiger partial charge in [-0.25, -0.2) is 4.79 Å². The van der Waals surface area contributed by atoms with Crippen molar-refractivity contribution in [2.24, 2.45) is 19.8 Å². The highest BCUT2D eigenvalue weighted by atomic mass is 16.3. The van der Waals surface area contributed by atoms with E-state index in [1.165, 1.54) is 33.1 Å². The average Bonchev–Trinajstić information content (AvgIpc) is 2.81. The number of unbranched alkanes of at least 4 members (excludes halogenated alkanes) is 3. The quantitative estimate of drug-likeness (QED) is 0.245. The second-order valence-electron chi connectivity index (χ2n) is 8.11. The van der Waals surface area contributed by atoms with Crippen molar-refractivity contribution in [1.29, 1.82) is 0 Å². The molecule has 1 atom stereocenters. The van der Waals surface area contributed by atoms with Crippen molar-refractivity contribution >= 4 is 29.2 Å². The van der Waals surface area contributed by atoms with Gasteiger partial charge in [-0.05, 0) is 12.8 Å². The van der Waals surface area contributed by atoms with E-state index in [9.17, 15) is 29.1 Å². The Labute approximate surface area is 195 Å². The van der Waals surface area contributed by atoms with Crippen LogP contribution in [-0.2, 0) is 28.5 Å². The Kier molecular flexibility index (Phi) is 8.46. The first-order chi connectivity index (χ1) is 15.9. The predicted octanol–water partition coefficient (Wildman–Crippen LogP) is -2.13. The molecule has 3 amide bonds. The average molecular weight is 481 g/mol. The lowest BCUT2D eigenvalue weighted by Gasteiger charge is -2.38. The molecule has 1 aromatic heterocycles. The lowest BCUT2D eigenvalue weighted by atomic mass is 10.1. The maximum atomic E-state index is 12.2. The normalized spacial score (nSPS) is 16.1. The van der Waals surface area contributed by atoms with Gasteiger partial charge in [-0.1, -0.05) is 12.8 Å². The van der Waals surface area contributed by atoms with E-state index in [1.807, 2.05) is 0 Å². The number of aromatic nitrogens is 2. The molecule has 34 heavy (non-hydrogen) atoms. The first-order valence-electron chi connectivity index (χ1n) is 10.7. The van der Waals surface area contributed by atoms with Gasteiger partial charge in [0.05, 0.1) is 0 Å². The van der Waals surface area contributed by atoms with Crippen LogP contribution < -0.4 is 33.3 Å². The van der Waals surface area contributed by atoms with Gasteiger partial charge in [-0.3, -0.25) is 33.2 Å². The summed E-state index contributed by atoms with van der Waals surface area (Å²) in [5, 5.41) is 14.9. The van der Waals surface area contributed by atoms with Gasteiger partial charge in [0.25, 0.3) is 11.5 Å². The van der Waals surface area contributed by atoms with Crippen molar-refractivity contribution in [2.45, 2.75) is 44.9 Å². The first kappa shape index (κ1) is 26.4. The summed E-state index contributed by atoms with van der Waals surface area (Å²) < 4.78 is 1.94. The maximum absolute atomic E-state index is 12.2. The number of nitrogen functional groups attached to an aromatic ring is 1. The van der Waals surface area contributed by atoms with Crippen LogP contribution in [0.15, 0.2) is 21.1 Å². The monoisotopic (exact) mass is 480 g/mol. The predicted molar refractivity (Wildman–Crippen MR) is 124 cm³/mol. The number of carbonyl (C=O) groups excluding carboxylic acids is 3. The lowest BCUT2D eigenvalue weighted by Crippen LogP contribution is -2.56. The van der Waals surface area contributed by atoms with Crippen LogP contribution in [0, 0.1) is 0 Å². The zero-order chi connectivity index (χ0) is 25.7. The fourth-order valence-electron chi connectivity index (χ4n) is 3.37. The molecule has 0 radical (unpaired) electrons. The molecule has 1 aliphatic rings. The van der Waals surface area contributed by atoms with Gasteiger partial charge in [-0.15, -0.1) is 0 Å². The molecule has 7 N–H and O–H groups in total. The van der Waals surface area contributed by atoms with Crippen molar-refractivity contribution in [1.82, 2.24) is 24.3 Å². The largest absolute Gasteiger partial charge is 0.383 e. The summed E-state index contributed by atoms with van der Waals surface area (Å²) in [5.74, 6) is -1.52. The molecule has 2 rings (SSSR count). The Morgan fingerprint density at radius 3 is 1.94 bits per heavy atom. The molecule has 14 heteroatoms. The topological polar surface area (TPSA) is 198 Å². The van der Waals surface area contributed by atoms with E-state index in [2.05, 4.69) is 10.6 Å². The van der Waals surface area contributed by atoms with Crippen molar-refractivity contribution in [3.05, 3.63) is 32.4 Å². The van der Waals surface area contributed by atoms with Crippen LogP contribution >= 0.6 is 0 Å². The van der Waals surface area contributed by atoms with E-state index >= 15 is 0 Å². The Balaban J connectivity index is 1.76. The third kappa shape index (κ3) is 5.57. The fourth-order valence-corrected chi connectivity index (χ4v) is 3.37. The van der Waals surface area contributed by atoms with E-state index < -0.39 is 29.4 Å². The molecule has 0 spiro atoms. The summed E-state index contributed by atoms with van der Waals surface area (Å²) in [6, 6.07) is 0. The molecule has 1 aliphatic heterocycles. The van der Waals surface area contributed by atoms with Gasteiger partial charge in [0.1, 0.15) is 23.0 Å². The van der Waals surface area contributed by atoms with Gasteiger partial charge in [-0.2, -0.15) is 0 Å². The Morgan fingerprint density at radius 2 is 1.38 bits per heavy atom. The molecule has 0 fully saturated rings. The van der Waals surface area contributed by atoms with Crippen molar-refractivity contribution in [3.8, 4) is 0 Å². The number of hydrogen-bond donors (Lipinski definition) is 5. The highest BCUT2D eigenvalue weighted by Crippen LogP contribution is 2.17. The molecule has 14 nitrogen and oxygen atoms in total. The third-order valence-corrected chi connectivity index (χ3v) is 5.66. The SMILES string of the molecule is CN1C(=O)C(NC(=O)CCCCCCC(=O)Nc2c(N)n(C)c(=O)n(C)c2=O)=C(N)N(C)C1O. The molecular formula is C20H32N8O6. The number of aliphatic hydroxyl groups is 1.